The monoisotopic (exact) mass is 337 g/mol. The van der Waals surface area contributed by atoms with E-state index < -0.39 is 17.5 Å². The van der Waals surface area contributed by atoms with Gasteiger partial charge in [-0.25, -0.2) is 13.5 Å². The van der Waals surface area contributed by atoms with Crippen molar-refractivity contribution >= 4 is 11.6 Å². The number of halogens is 2. The number of rotatable bonds is 4. The van der Waals surface area contributed by atoms with Crippen LogP contribution in [0.15, 0.2) is 18.3 Å². The molecule has 2 N–H and O–H groups in total. The summed E-state index contributed by atoms with van der Waals surface area (Å²) in [5, 5.41) is 13.3. The van der Waals surface area contributed by atoms with E-state index in [9.17, 15) is 13.6 Å². The minimum atomic E-state index is -0.799. The topological polar surface area (TPSA) is 81.1 Å². The molecule has 1 amide bonds. The van der Waals surface area contributed by atoms with Crippen molar-refractivity contribution in [2.45, 2.75) is 18.9 Å². The molecule has 7 nitrogen and oxygen atoms in total. The Morgan fingerprint density at radius 2 is 2.08 bits per heavy atom. The van der Waals surface area contributed by atoms with E-state index in [-0.39, 0.29) is 23.2 Å². The van der Waals surface area contributed by atoms with Gasteiger partial charge in [0.15, 0.2) is 23.1 Å². The number of aromatic nitrogens is 3. The maximum absolute atomic E-state index is 13.9. The second kappa shape index (κ2) is 6.91. The van der Waals surface area contributed by atoms with Crippen molar-refractivity contribution < 1.29 is 18.3 Å². The molecule has 9 heteroatoms. The maximum Gasteiger partial charge on any atom is 0.277 e. The first-order valence-electron chi connectivity index (χ1n) is 7.55. The van der Waals surface area contributed by atoms with Gasteiger partial charge in [0.25, 0.3) is 5.91 Å². The summed E-state index contributed by atoms with van der Waals surface area (Å²) >= 11 is 0. The quantitative estimate of drug-likeness (QED) is 0.888. The van der Waals surface area contributed by atoms with E-state index in [0.717, 1.165) is 38.1 Å². The van der Waals surface area contributed by atoms with Gasteiger partial charge in [-0.1, -0.05) is 5.21 Å². The molecule has 1 fully saturated rings. The molecule has 0 radical (unpaired) electrons. The van der Waals surface area contributed by atoms with Crippen LogP contribution in [0, 0.1) is 11.6 Å². The Labute approximate surface area is 137 Å². The third-order valence-corrected chi connectivity index (χ3v) is 3.92. The number of benzene rings is 1. The number of nitrogens with one attached hydrogen (secondary N) is 2. The molecule has 0 unspecified atom stereocenters. The van der Waals surface area contributed by atoms with Crippen LogP contribution in [0.5, 0.6) is 5.75 Å². The number of nitrogens with zero attached hydrogens (tertiary/aromatic N) is 3. The minimum Gasteiger partial charge on any atom is -0.494 e. The van der Waals surface area contributed by atoms with Crippen LogP contribution >= 0.6 is 0 Å². The molecular formula is C15H17F2N5O2. The van der Waals surface area contributed by atoms with Gasteiger partial charge in [0.1, 0.15) is 0 Å². The van der Waals surface area contributed by atoms with E-state index >= 15 is 0 Å². The highest BCUT2D eigenvalue weighted by Crippen LogP contribution is 2.25. The first-order valence-corrected chi connectivity index (χ1v) is 7.55. The largest absolute Gasteiger partial charge is 0.494 e. The van der Waals surface area contributed by atoms with Gasteiger partial charge >= 0.3 is 0 Å². The number of anilines is 1. The molecule has 3 rings (SSSR count). The molecule has 128 valence electrons. The highest BCUT2D eigenvalue weighted by molar-refractivity contribution is 6.02. The van der Waals surface area contributed by atoms with Crippen molar-refractivity contribution in [1.82, 2.24) is 20.3 Å². The average Bonchev–Trinajstić information content (AvgIpc) is 3.09. The predicted molar refractivity (Wildman–Crippen MR) is 82.0 cm³/mol. The first kappa shape index (κ1) is 16.3. The van der Waals surface area contributed by atoms with E-state index in [4.69, 9.17) is 0 Å². The normalized spacial score (nSPS) is 15.3. The number of hydrogen-bond donors (Lipinski definition) is 2. The summed E-state index contributed by atoms with van der Waals surface area (Å²) in [5.74, 6) is -2.46. The molecule has 0 atom stereocenters. The lowest BCUT2D eigenvalue weighted by Gasteiger charge is -2.22. The van der Waals surface area contributed by atoms with Gasteiger partial charge in [0.2, 0.25) is 0 Å². The SMILES string of the molecule is COc1cc(F)c(NC(=O)c2cn(C3CCNCC3)nn2)cc1F. The van der Waals surface area contributed by atoms with Crippen LogP contribution in [-0.4, -0.2) is 41.1 Å². The van der Waals surface area contributed by atoms with Crippen molar-refractivity contribution in [1.29, 1.82) is 0 Å². The number of ether oxygens (including phenoxy) is 1. The van der Waals surface area contributed by atoms with Crippen LogP contribution in [0.2, 0.25) is 0 Å². The van der Waals surface area contributed by atoms with E-state index in [1.807, 2.05) is 0 Å². The second-order valence-corrected chi connectivity index (χ2v) is 5.49. The zero-order valence-electron chi connectivity index (χ0n) is 13.1. The van der Waals surface area contributed by atoms with Gasteiger partial charge in [0, 0.05) is 12.1 Å². The Kier molecular flexibility index (Phi) is 4.70. The van der Waals surface area contributed by atoms with Gasteiger partial charge < -0.3 is 15.4 Å². The van der Waals surface area contributed by atoms with Crippen LogP contribution in [0.3, 0.4) is 0 Å². The van der Waals surface area contributed by atoms with Crippen LogP contribution in [-0.2, 0) is 0 Å². The summed E-state index contributed by atoms with van der Waals surface area (Å²) < 4.78 is 33.9. The summed E-state index contributed by atoms with van der Waals surface area (Å²) in [6, 6.07) is 1.91. The molecular weight excluding hydrogens is 320 g/mol. The zero-order chi connectivity index (χ0) is 17.1. The predicted octanol–water partition coefficient (Wildman–Crippen LogP) is 1.74. The Balaban J connectivity index is 1.73. The van der Waals surface area contributed by atoms with Crippen LogP contribution in [0.4, 0.5) is 14.5 Å². The summed E-state index contributed by atoms with van der Waals surface area (Å²) in [6.45, 7) is 1.75. The summed E-state index contributed by atoms with van der Waals surface area (Å²) in [7, 11) is 1.23. The van der Waals surface area contributed by atoms with Crippen LogP contribution in [0.1, 0.15) is 29.4 Å². The van der Waals surface area contributed by atoms with Gasteiger partial charge in [-0.15, -0.1) is 5.10 Å². The van der Waals surface area contributed by atoms with E-state index in [1.165, 1.54) is 13.3 Å². The van der Waals surface area contributed by atoms with Crippen molar-refractivity contribution in [2.75, 3.05) is 25.5 Å². The fourth-order valence-corrected chi connectivity index (χ4v) is 2.60. The van der Waals surface area contributed by atoms with Crippen molar-refractivity contribution in [3.05, 3.63) is 35.7 Å². The fraction of sp³-hybridized carbons (Fsp3) is 0.400. The number of methoxy groups -OCH3 is 1. The minimum absolute atomic E-state index is 0.0455. The molecule has 1 aliphatic rings. The second-order valence-electron chi connectivity index (χ2n) is 5.49. The lowest BCUT2D eigenvalue weighted by molar-refractivity contribution is 0.102. The molecule has 0 saturated carbocycles. The van der Waals surface area contributed by atoms with Gasteiger partial charge in [-0.3, -0.25) is 4.79 Å². The number of hydrogen-bond acceptors (Lipinski definition) is 5. The fourth-order valence-electron chi connectivity index (χ4n) is 2.60. The first-order chi connectivity index (χ1) is 11.6. The van der Waals surface area contributed by atoms with Crippen molar-refractivity contribution in [3.63, 3.8) is 0 Å². The number of carbonyl (C=O) groups excluding carboxylic acids is 1. The Morgan fingerprint density at radius 3 is 2.79 bits per heavy atom. The maximum atomic E-state index is 13.9. The van der Waals surface area contributed by atoms with E-state index in [2.05, 4.69) is 25.7 Å². The Bertz CT molecular complexity index is 743. The molecule has 1 aliphatic heterocycles. The molecule has 24 heavy (non-hydrogen) atoms. The summed E-state index contributed by atoms with van der Waals surface area (Å²) in [6.07, 6.45) is 3.30. The third-order valence-electron chi connectivity index (χ3n) is 3.92. The van der Waals surface area contributed by atoms with Crippen molar-refractivity contribution in [3.8, 4) is 5.75 Å². The lowest BCUT2D eigenvalue weighted by atomic mass is 10.1. The number of carbonyl (C=O) groups is 1. The molecule has 1 saturated heterocycles. The van der Waals surface area contributed by atoms with Crippen molar-refractivity contribution in [2.24, 2.45) is 0 Å². The van der Waals surface area contributed by atoms with E-state index in [1.54, 1.807) is 4.68 Å². The van der Waals surface area contributed by atoms with Gasteiger partial charge in [0.05, 0.1) is 25.0 Å². The smallest absolute Gasteiger partial charge is 0.277 e. The Morgan fingerprint density at radius 1 is 1.33 bits per heavy atom. The highest BCUT2D eigenvalue weighted by Gasteiger charge is 2.20. The summed E-state index contributed by atoms with van der Waals surface area (Å²) in [4.78, 5) is 12.2. The summed E-state index contributed by atoms with van der Waals surface area (Å²) in [5.41, 5.74) is -0.237. The van der Waals surface area contributed by atoms with Gasteiger partial charge in [-0.2, -0.15) is 0 Å². The molecule has 0 bridgehead atoms. The Hall–Kier alpha value is -2.55. The van der Waals surface area contributed by atoms with E-state index in [0.29, 0.717) is 0 Å². The molecule has 1 aromatic carbocycles. The van der Waals surface area contributed by atoms with Crippen LogP contribution < -0.4 is 15.4 Å². The number of amides is 1. The average molecular weight is 337 g/mol. The molecule has 1 aromatic heterocycles. The molecule has 0 aliphatic carbocycles. The number of piperidine rings is 1. The molecule has 2 heterocycles. The van der Waals surface area contributed by atoms with Gasteiger partial charge in [-0.05, 0) is 25.9 Å². The zero-order valence-corrected chi connectivity index (χ0v) is 13.1. The highest BCUT2D eigenvalue weighted by atomic mass is 19.1. The standard InChI is InChI=1S/C15H17F2N5O2/c1-24-14-7-10(16)12(6-11(14)17)19-15(23)13-8-22(21-20-13)9-2-4-18-5-3-9/h6-9,18H,2-5H2,1H3,(H,19,23). The van der Waals surface area contributed by atoms with Crippen LogP contribution in [0.25, 0.3) is 0 Å². The third kappa shape index (κ3) is 3.35. The molecule has 0 spiro atoms. The lowest BCUT2D eigenvalue weighted by Crippen LogP contribution is -2.29. The molecule has 2 aromatic rings.